The molecule has 0 bridgehead atoms. The van der Waals surface area contributed by atoms with Gasteiger partial charge >= 0.3 is 0 Å². The molecule has 0 spiro atoms. The summed E-state index contributed by atoms with van der Waals surface area (Å²) in [5, 5.41) is 3.19. The van der Waals surface area contributed by atoms with Crippen molar-refractivity contribution < 1.29 is 4.79 Å². The summed E-state index contributed by atoms with van der Waals surface area (Å²) in [4.78, 5) is 12.4. The lowest BCUT2D eigenvalue weighted by molar-refractivity contribution is 0.0933. The van der Waals surface area contributed by atoms with Crippen LogP contribution < -0.4 is 5.32 Å². The van der Waals surface area contributed by atoms with Crippen molar-refractivity contribution in [2.24, 2.45) is 0 Å². The van der Waals surface area contributed by atoms with Gasteiger partial charge in [0.2, 0.25) is 0 Å². The highest BCUT2D eigenvalue weighted by Crippen LogP contribution is 2.25. The van der Waals surface area contributed by atoms with Crippen LogP contribution >= 0.6 is 0 Å². The van der Waals surface area contributed by atoms with E-state index in [0.717, 1.165) is 24.8 Å². The fourth-order valence-electron chi connectivity index (χ4n) is 3.23. The van der Waals surface area contributed by atoms with Gasteiger partial charge < -0.3 is 5.32 Å². The van der Waals surface area contributed by atoms with Crippen molar-refractivity contribution in [2.75, 3.05) is 0 Å². The zero-order valence-corrected chi connectivity index (χ0v) is 14.2. The normalized spacial score (nSPS) is 17.0. The van der Waals surface area contributed by atoms with Crippen LogP contribution in [0.2, 0.25) is 0 Å². The minimum absolute atomic E-state index is 0.0391. The maximum absolute atomic E-state index is 12.4. The zero-order chi connectivity index (χ0) is 16.4. The second kappa shape index (κ2) is 6.57. The van der Waals surface area contributed by atoms with Gasteiger partial charge in [-0.2, -0.15) is 0 Å². The fourth-order valence-corrected chi connectivity index (χ4v) is 3.23. The van der Waals surface area contributed by atoms with E-state index < -0.39 is 0 Å². The van der Waals surface area contributed by atoms with Crippen LogP contribution in [0, 0.1) is 6.92 Å². The smallest absolute Gasteiger partial charge is 0.251 e. The molecule has 0 fully saturated rings. The molecule has 0 aliphatic heterocycles. The van der Waals surface area contributed by atoms with Crippen molar-refractivity contribution in [1.29, 1.82) is 0 Å². The third-order valence-corrected chi connectivity index (χ3v) is 4.77. The lowest BCUT2D eigenvalue weighted by Gasteiger charge is -2.26. The molecular formula is C21H25NO. The molecule has 2 aromatic carbocycles. The van der Waals surface area contributed by atoms with Crippen molar-refractivity contribution >= 4 is 5.91 Å². The molecule has 0 heterocycles. The average Bonchev–Trinajstić information content (AvgIpc) is 2.54. The number of carbonyl (C=O) groups is 1. The van der Waals surface area contributed by atoms with E-state index in [2.05, 4.69) is 37.4 Å². The Morgan fingerprint density at radius 2 is 1.83 bits per heavy atom. The molecule has 2 nitrogen and oxygen atoms in total. The Kier molecular flexibility index (Phi) is 4.51. The molecule has 1 unspecified atom stereocenters. The van der Waals surface area contributed by atoms with Gasteiger partial charge in [-0.1, -0.05) is 49.7 Å². The van der Waals surface area contributed by atoms with Crippen LogP contribution in [0.4, 0.5) is 0 Å². The molecule has 1 atom stereocenters. The van der Waals surface area contributed by atoms with E-state index in [9.17, 15) is 4.79 Å². The standard InChI is InChI=1S/C21H25NO/c1-14(2)17-8-9-19-13-20(11-10-18(19)12-17)22-21(23)16-6-4-15(3)5-7-16/h4-9,12,14,20H,10-11,13H2,1-3H3,(H,22,23). The van der Waals surface area contributed by atoms with Gasteiger partial charge in [0.15, 0.2) is 0 Å². The monoisotopic (exact) mass is 307 g/mol. The van der Waals surface area contributed by atoms with Gasteiger partial charge in [-0.3, -0.25) is 4.79 Å². The molecule has 1 aliphatic carbocycles. The predicted octanol–water partition coefficient (Wildman–Crippen LogP) is 4.41. The highest BCUT2D eigenvalue weighted by Gasteiger charge is 2.21. The summed E-state index contributed by atoms with van der Waals surface area (Å²) in [6.45, 7) is 6.50. The summed E-state index contributed by atoms with van der Waals surface area (Å²) < 4.78 is 0. The van der Waals surface area contributed by atoms with Crippen LogP contribution in [0.1, 0.15) is 58.8 Å². The first-order valence-corrected chi connectivity index (χ1v) is 8.52. The number of aryl methyl sites for hydroxylation is 2. The van der Waals surface area contributed by atoms with Gasteiger partial charge in [0, 0.05) is 11.6 Å². The first kappa shape index (κ1) is 15.8. The molecular weight excluding hydrogens is 282 g/mol. The molecule has 2 aromatic rings. The van der Waals surface area contributed by atoms with E-state index in [1.54, 1.807) is 0 Å². The van der Waals surface area contributed by atoms with E-state index in [1.807, 2.05) is 31.2 Å². The summed E-state index contributed by atoms with van der Waals surface area (Å²) in [7, 11) is 0. The first-order valence-electron chi connectivity index (χ1n) is 8.52. The Hall–Kier alpha value is -2.09. The number of fused-ring (bicyclic) bond motifs is 1. The Morgan fingerprint density at radius 3 is 2.52 bits per heavy atom. The Morgan fingerprint density at radius 1 is 1.09 bits per heavy atom. The van der Waals surface area contributed by atoms with E-state index in [4.69, 9.17) is 0 Å². The third kappa shape index (κ3) is 3.64. The van der Waals surface area contributed by atoms with Crippen molar-refractivity contribution in [2.45, 2.75) is 52.0 Å². The Bertz CT molecular complexity index is 700. The number of benzene rings is 2. The minimum Gasteiger partial charge on any atom is -0.349 e. The number of nitrogens with one attached hydrogen (secondary N) is 1. The van der Waals surface area contributed by atoms with E-state index >= 15 is 0 Å². The summed E-state index contributed by atoms with van der Waals surface area (Å²) >= 11 is 0. The number of amides is 1. The highest BCUT2D eigenvalue weighted by atomic mass is 16.1. The maximum atomic E-state index is 12.4. The summed E-state index contributed by atoms with van der Waals surface area (Å²) in [6, 6.07) is 14.8. The largest absolute Gasteiger partial charge is 0.349 e. The zero-order valence-electron chi connectivity index (χ0n) is 14.2. The predicted molar refractivity (Wildman–Crippen MR) is 95.0 cm³/mol. The average molecular weight is 307 g/mol. The third-order valence-electron chi connectivity index (χ3n) is 4.77. The quantitative estimate of drug-likeness (QED) is 0.894. The lowest BCUT2D eigenvalue weighted by Crippen LogP contribution is -2.38. The molecule has 0 saturated carbocycles. The summed E-state index contributed by atoms with van der Waals surface area (Å²) in [6.07, 6.45) is 3.01. The Labute approximate surface area is 138 Å². The van der Waals surface area contributed by atoms with E-state index in [0.29, 0.717) is 5.92 Å². The van der Waals surface area contributed by atoms with Gasteiger partial charge in [0.05, 0.1) is 0 Å². The number of carbonyl (C=O) groups excluding carboxylic acids is 1. The number of hydrogen-bond donors (Lipinski definition) is 1. The van der Waals surface area contributed by atoms with E-state index in [1.165, 1.54) is 22.3 Å². The van der Waals surface area contributed by atoms with Crippen LogP contribution in [-0.4, -0.2) is 11.9 Å². The highest BCUT2D eigenvalue weighted by molar-refractivity contribution is 5.94. The van der Waals surface area contributed by atoms with Gasteiger partial charge in [-0.05, 0) is 60.9 Å². The molecule has 1 N–H and O–H groups in total. The Balaban J connectivity index is 1.67. The molecule has 1 aliphatic rings. The van der Waals surface area contributed by atoms with Crippen LogP contribution in [0.5, 0.6) is 0 Å². The van der Waals surface area contributed by atoms with Gasteiger partial charge in [0.25, 0.3) is 5.91 Å². The van der Waals surface area contributed by atoms with Crippen molar-refractivity contribution in [1.82, 2.24) is 5.32 Å². The van der Waals surface area contributed by atoms with Crippen LogP contribution in [0.25, 0.3) is 0 Å². The van der Waals surface area contributed by atoms with Crippen molar-refractivity contribution in [3.05, 3.63) is 70.3 Å². The molecule has 2 heteroatoms. The molecule has 0 radical (unpaired) electrons. The first-order chi connectivity index (χ1) is 11.0. The van der Waals surface area contributed by atoms with Crippen molar-refractivity contribution in [3.8, 4) is 0 Å². The number of rotatable bonds is 3. The van der Waals surface area contributed by atoms with Gasteiger partial charge in [-0.15, -0.1) is 0 Å². The van der Waals surface area contributed by atoms with Crippen LogP contribution in [0.15, 0.2) is 42.5 Å². The maximum Gasteiger partial charge on any atom is 0.251 e. The second-order valence-electron chi connectivity index (χ2n) is 6.96. The lowest BCUT2D eigenvalue weighted by atomic mass is 9.85. The molecule has 3 rings (SSSR count). The molecule has 0 aromatic heterocycles. The molecule has 0 saturated heterocycles. The van der Waals surface area contributed by atoms with Crippen LogP contribution in [-0.2, 0) is 12.8 Å². The minimum atomic E-state index is 0.0391. The fraction of sp³-hybridized carbons (Fsp3) is 0.381. The van der Waals surface area contributed by atoms with Crippen LogP contribution in [0.3, 0.4) is 0 Å². The van der Waals surface area contributed by atoms with Crippen molar-refractivity contribution in [3.63, 3.8) is 0 Å². The van der Waals surface area contributed by atoms with Gasteiger partial charge in [-0.25, -0.2) is 0 Å². The SMILES string of the molecule is Cc1ccc(C(=O)NC2CCc3cc(C(C)C)ccc3C2)cc1. The number of hydrogen-bond acceptors (Lipinski definition) is 1. The molecule has 120 valence electrons. The van der Waals surface area contributed by atoms with Gasteiger partial charge in [0.1, 0.15) is 0 Å². The van der Waals surface area contributed by atoms with E-state index in [-0.39, 0.29) is 11.9 Å². The summed E-state index contributed by atoms with van der Waals surface area (Å²) in [5.74, 6) is 0.608. The summed E-state index contributed by atoms with van der Waals surface area (Å²) in [5.41, 5.74) is 6.17. The topological polar surface area (TPSA) is 29.1 Å². The molecule has 23 heavy (non-hydrogen) atoms. The molecule has 1 amide bonds. The second-order valence-corrected chi connectivity index (χ2v) is 6.96.